The highest BCUT2D eigenvalue weighted by Crippen LogP contribution is 2.34. The molecule has 3 N–H and O–H groups in total. The number of amides is 2. The Labute approximate surface area is 186 Å². The minimum Gasteiger partial charge on any atom is -0.454 e. The minimum absolute atomic E-state index is 0.0105. The summed E-state index contributed by atoms with van der Waals surface area (Å²) in [5, 5.41) is 23.8. The Hall–Kier alpha value is -2.89. The Morgan fingerprint density at radius 2 is 2.12 bits per heavy atom. The second-order valence-corrected chi connectivity index (χ2v) is 8.33. The summed E-state index contributed by atoms with van der Waals surface area (Å²) in [6, 6.07) is 4.58. The van der Waals surface area contributed by atoms with Gasteiger partial charge in [-0.25, -0.2) is 4.79 Å². The van der Waals surface area contributed by atoms with E-state index in [9.17, 15) is 9.90 Å². The molecule has 2 aromatic rings. The summed E-state index contributed by atoms with van der Waals surface area (Å²) >= 11 is 0. The van der Waals surface area contributed by atoms with Crippen molar-refractivity contribution in [1.82, 2.24) is 25.2 Å². The van der Waals surface area contributed by atoms with Gasteiger partial charge in [0.15, 0.2) is 11.5 Å². The maximum atomic E-state index is 12.5. The zero-order valence-electron chi connectivity index (χ0n) is 18.4. The number of anilines is 1. The van der Waals surface area contributed by atoms with Gasteiger partial charge in [0, 0.05) is 31.0 Å². The van der Waals surface area contributed by atoms with Crippen molar-refractivity contribution < 1.29 is 24.1 Å². The van der Waals surface area contributed by atoms with Crippen LogP contribution in [0.5, 0.6) is 11.5 Å². The maximum absolute atomic E-state index is 12.5. The number of aryl methyl sites for hydroxylation is 1. The highest BCUT2D eigenvalue weighted by molar-refractivity contribution is 5.90. The highest BCUT2D eigenvalue weighted by atomic mass is 16.7. The zero-order valence-corrected chi connectivity index (χ0v) is 18.4. The molecule has 4 rings (SSSR count). The number of benzene rings is 1. The first-order chi connectivity index (χ1) is 15.5. The Balaban J connectivity index is 1.24. The van der Waals surface area contributed by atoms with Crippen LogP contribution >= 0.6 is 0 Å². The molecule has 0 unspecified atom stereocenters. The third-order valence-corrected chi connectivity index (χ3v) is 5.49. The van der Waals surface area contributed by atoms with E-state index in [0.717, 1.165) is 25.1 Å². The van der Waals surface area contributed by atoms with Crippen LogP contribution in [-0.4, -0.2) is 76.8 Å². The molecule has 2 amide bonds. The van der Waals surface area contributed by atoms with Gasteiger partial charge in [-0.05, 0) is 45.5 Å². The fourth-order valence-electron chi connectivity index (χ4n) is 3.94. The molecule has 1 saturated heterocycles. The van der Waals surface area contributed by atoms with Crippen LogP contribution in [0.15, 0.2) is 24.4 Å². The van der Waals surface area contributed by atoms with Crippen molar-refractivity contribution in [2.75, 3.05) is 32.8 Å². The van der Waals surface area contributed by atoms with Gasteiger partial charge in [-0.2, -0.15) is 0 Å². The molecule has 0 aliphatic carbocycles. The lowest BCUT2D eigenvalue weighted by atomic mass is 9.97. The molecule has 0 saturated carbocycles. The number of carbonyl (C=O) groups excluding carboxylic acids is 1. The zero-order chi connectivity index (χ0) is 22.5. The predicted octanol–water partition coefficient (Wildman–Crippen LogP) is 1.19. The molecular formula is C21H30N6O5. The fourth-order valence-corrected chi connectivity index (χ4v) is 3.94. The van der Waals surface area contributed by atoms with Crippen molar-refractivity contribution in [3.05, 3.63) is 30.1 Å². The quantitative estimate of drug-likeness (QED) is 0.553. The number of aromatic nitrogens is 3. The number of nitrogens with one attached hydrogen (secondary N) is 2. The Morgan fingerprint density at radius 3 is 2.94 bits per heavy atom. The number of nitrogens with zero attached hydrogens (tertiary/aromatic N) is 4. The van der Waals surface area contributed by atoms with E-state index < -0.39 is 6.10 Å². The lowest BCUT2D eigenvalue weighted by Gasteiger charge is -2.36. The molecule has 3 heterocycles. The average molecular weight is 447 g/mol. The minimum atomic E-state index is -0.462. The van der Waals surface area contributed by atoms with E-state index in [1.54, 1.807) is 18.2 Å². The highest BCUT2D eigenvalue weighted by Gasteiger charge is 2.32. The first kappa shape index (κ1) is 22.3. The van der Waals surface area contributed by atoms with Crippen LogP contribution in [0.1, 0.15) is 25.0 Å². The van der Waals surface area contributed by atoms with E-state index >= 15 is 0 Å². The van der Waals surface area contributed by atoms with Crippen LogP contribution in [-0.2, 0) is 17.8 Å². The van der Waals surface area contributed by atoms with E-state index in [-0.39, 0.29) is 31.6 Å². The molecule has 0 radical (unpaired) electrons. The van der Waals surface area contributed by atoms with Gasteiger partial charge in [-0.15, -0.1) is 5.10 Å². The van der Waals surface area contributed by atoms with Crippen LogP contribution in [0.2, 0.25) is 0 Å². The number of ether oxygens (including phenoxy) is 3. The number of carbonyl (C=O) groups is 1. The number of rotatable bonds is 8. The third kappa shape index (κ3) is 5.67. The lowest BCUT2D eigenvalue weighted by Crippen LogP contribution is -2.52. The van der Waals surface area contributed by atoms with Crippen LogP contribution in [0, 0.1) is 0 Å². The van der Waals surface area contributed by atoms with Gasteiger partial charge in [0.25, 0.3) is 0 Å². The number of hydrogen-bond donors (Lipinski definition) is 3. The molecule has 11 heteroatoms. The van der Waals surface area contributed by atoms with Crippen molar-refractivity contribution >= 4 is 11.7 Å². The smallest absolute Gasteiger partial charge is 0.319 e. The normalized spacial score (nSPS) is 22.2. The molecule has 2 aliphatic heterocycles. The van der Waals surface area contributed by atoms with E-state index in [1.807, 2.05) is 29.9 Å². The van der Waals surface area contributed by atoms with Crippen molar-refractivity contribution in [2.45, 2.75) is 50.6 Å². The summed E-state index contributed by atoms with van der Waals surface area (Å²) < 4.78 is 18.5. The van der Waals surface area contributed by atoms with Gasteiger partial charge in [-0.3, -0.25) is 4.68 Å². The summed E-state index contributed by atoms with van der Waals surface area (Å²) in [5.41, 5.74) is 1.52. The summed E-state index contributed by atoms with van der Waals surface area (Å²) in [4.78, 5) is 14.5. The van der Waals surface area contributed by atoms with Gasteiger partial charge in [-0.1, -0.05) is 5.21 Å². The number of urea groups is 1. The average Bonchev–Trinajstić information content (AvgIpc) is 3.41. The first-order valence-electron chi connectivity index (χ1n) is 10.8. The largest absolute Gasteiger partial charge is 0.454 e. The molecule has 0 bridgehead atoms. The van der Waals surface area contributed by atoms with Gasteiger partial charge >= 0.3 is 6.03 Å². The van der Waals surface area contributed by atoms with Gasteiger partial charge in [0.1, 0.15) is 6.10 Å². The van der Waals surface area contributed by atoms with E-state index in [4.69, 9.17) is 14.2 Å². The van der Waals surface area contributed by atoms with Crippen molar-refractivity contribution in [3.63, 3.8) is 0 Å². The van der Waals surface area contributed by atoms with Crippen LogP contribution in [0.3, 0.4) is 0 Å². The van der Waals surface area contributed by atoms with Crippen LogP contribution in [0.25, 0.3) is 0 Å². The monoisotopic (exact) mass is 446 g/mol. The van der Waals surface area contributed by atoms with Crippen LogP contribution < -0.4 is 20.1 Å². The number of aliphatic hydroxyl groups excluding tert-OH is 1. The fraction of sp³-hybridized carbons (Fsp3) is 0.571. The van der Waals surface area contributed by atoms with Crippen molar-refractivity contribution in [1.29, 1.82) is 0 Å². The number of aliphatic hydroxyl groups is 1. The van der Waals surface area contributed by atoms with Crippen LogP contribution in [0.4, 0.5) is 10.5 Å². The predicted molar refractivity (Wildman–Crippen MR) is 116 cm³/mol. The molecule has 2 aliphatic rings. The van der Waals surface area contributed by atoms with Gasteiger partial charge in [0.2, 0.25) is 6.79 Å². The van der Waals surface area contributed by atoms with E-state index in [0.29, 0.717) is 30.2 Å². The summed E-state index contributed by atoms with van der Waals surface area (Å²) in [7, 11) is 3.98. The van der Waals surface area contributed by atoms with Crippen molar-refractivity contribution in [3.8, 4) is 11.5 Å². The standard InChI is InChI=1S/C21H30N6O5/c1-26(2)10-15-11-27(25-24-15)8-7-16-4-5-17(20(12-28)32-16)23-21(29)22-14-3-6-18-19(9-14)31-13-30-18/h3,6,9,11,16-17,20,28H,4-5,7-8,10,12-13H2,1-2H3,(H2,22,23,29)/t16-,17+,20-/m0/s1. The summed E-state index contributed by atoms with van der Waals surface area (Å²) in [6.45, 7) is 1.44. The molecule has 1 aromatic carbocycles. The van der Waals surface area contributed by atoms with Gasteiger partial charge in [0.05, 0.1) is 24.4 Å². The summed E-state index contributed by atoms with van der Waals surface area (Å²) in [5.74, 6) is 1.25. The topological polar surface area (TPSA) is 123 Å². The molecule has 174 valence electrons. The second kappa shape index (κ2) is 10.2. The van der Waals surface area contributed by atoms with Gasteiger partial charge < -0.3 is 34.9 Å². The molecule has 1 fully saturated rings. The SMILES string of the molecule is CN(C)Cc1cn(CC[C@@H]2CC[C@@H](NC(=O)Nc3ccc4c(c3)OCO4)[C@H](CO)O2)nn1. The number of fused-ring (bicyclic) bond motifs is 1. The van der Waals surface area contributed by atoms with E-state index in [2.05, 4.69) is 20.9 Å². The molecular weight excluding hydrogens is 416 g/mol. The Bertz CT molecular complexity index is 920. The molecule has 1 aromatic heterocycles. The third-order valence-electron chi connectivity index (χ3n) is 5.49. The first-order valence-corrected chi connectivity index (χ1v) is 10.8. The molecule has 11 nitrogen and oxygen atoms in total. The Kier molecular flexibility index (Phi) is 7.08. The molecule has 32 heavy (non-hydrogen) atoms. The maximum Gasteiger partial charge on any atom is 0.319 e. The van der Waals surface area contributed by atoms with E-state index in [1.165, 1.54) is 0 Å². The Morgan fingerprint density at radius 1 is 1.28 bits per heavy atom. The molecule has 3 atom stereocenters. The number of hydrogen-bond acceptors (Lipinski definition) is 8. The summed E-state index contributed by atoms with van der Waals surface area (Å²) in [6.07, 6.45) is 3.73. The van der Waals surface area contributed by atoms with Crippen molar-refractivity contribution in [2.24, 2.45) is 0 Å². The second-order valence-electron chi connectivity index (χ2n) is 8.33. The molecule has 0 spiro atoms. The lowest BCUT2D eigenvalue weighted by molar-refractivity contribution is -0.0905.